The van der Waals surface area contributed by atoms with E-state index in [0.717, 1.165) is 77.0 Å². The summed E-state index contributed by atoms with van der Waals surface area (Å²) in [7, 11) is 0. The number of amides is 1. The van der Waals surface area contributed by atoms with Crippen molar-refractivity contribution in [3.63, 3.8) is 0 Å². The van der Waals surface area contributed by atoms with Gasteiger partial charge in [-0.2, -0.15) is 0 Å². The van der Waals surface area contributed by atoms with E-state index in [1.807, 2.05) is 0 Å². The first-order chi connectivity index (χ1) is 29.5. The molecule has 6 heteroatoms. The number of nitrogens with one attached hydrogen (secondary N) is 1. The zero-order chi connectivity index (χ0) is 43.7. The largest absolute Gasteiger partial charge is 0.466 e. The average molecular weight is 848 g/mol. The molecule has 2 unspecified atom stereocenters. The second-order valence-electron chi connectivity index (χ2n) is 18.6. The van der Waals surface area contributed by atoms with Crippen molar-refractivity contribution < 1.29 is 24.5 Å². The van der Waals surface area contributed by atoms with Crippen LogP contribution in [-0.4, -0.2) is 47.4 Å². The van der Waals surface area contributed by atoms with Crippen LogP contribution in [0.15, 0.2) is 12.2 Å². The van der Waals surface area contributed by atoms with E-state index in [1.165, 1.54) is 186 Å². The van der Waals surface area contributed by atoms with Crippen LogP contribution in [0.25, 0.3) is 0 Å². The van der Waals surface area contributed by atoms with Crippen molar-refractivity contribution in [1.82, 2.24) is 5.32 Å². The number of aliphatic hydroxyl groups is 2. The third-order valence-corrected chi connectivity index (χ3v) is 12.6. The quantitative estimate of drug-likeness (QED) is 0.0322. The van der Waals surface area contributed by atoms with Crippen LogP contribution in [-0.2, 0) is 14.3 Å². The molecular weight excluding hydrogens is 743 g/mol. The molecule has 0 radical (unpaired) electrons. The first-order valence-electron chi connectivity index (χ1n) is 26.9. The summed E-state index contributed by atoms with van der Waals surface area (Å²) in [5.74, 6) is -0.0778. The molecule has 0 aliphatic heterocycles. The molecule has 0 saturated carbocycles. The van der Waals surface area contributed by atoms with Gasteiger partial charge in [0.05, 0.1) is 25.4 Å². The Morgan fingerprint density at radius 1 is 0.450 bits per heavy atom. The normalized spacial score (nSPS) is 12.7. The molecular formula is C54H105NO5. The van der Waals surface area contributed by atoms with Crippen LogP contribution in [0, 0.1) is 0 Å². The summed E-state index contributed by atoms with van der Waals surface area (Å²) in [5, 5.41) is 23.2. The molecule has 0 fully saturated rings. The van der Waals surface area contributed by atoms with E-state index < -0.39 is 12.1 Å². The molecule has 0 aromatic carbocycles. The zero-order valence-corrected chi connectivity index (χ0v) is 40.5. The minimum Gasteiger partial charge on any atom is -0.466 e. The van der Waals surface area contributed by atoms with Gasteiger partial charge in [0.15, 0.2) is 0 Å². The standard InChI is InChI=1S/C54H105NO5/c1-3-5-7-9-11-13-15-17-19-20-21-23-28-32-36-40-44-48-54(59)60-49-45-41-37-33-29-25-24-27-31-35-39-43-47-53(58)55-51(50-56)52(57)46-42-38-34-30-26-22-18-16-14-12-10-8-6-4-2/h25,29,51-52,56-57H,3-24,26-28,30-50H2,1-2H3,(H,55,58)/b29-25-. The molecule has 6 nitrogen and oxygen atoms in total. The Kier molecular flexibility index (Phi) is 49.1. The number of rotatable bonds is 50. The summed E-state index contributed by atoms with van der Waals surface area (Å²) in [6, 6.07) is -0.558. The van der Waals surface area contributed by atoms with Crippen LogP contribution in [0.5, 0.6) is 0 Å². The highest BCUT2D eigenvalue weighted by Crippen LogP contribution is 2.17. The van der Waals surface area contributed by atoms with E-state index in [1.54, 1.807) is 0 Å². The van der Waals surface area contributed by atoms with Gasteiger partial charge in [-0.25, -0.2) is 0 Å². The first-order valence-corrected chi connectivity index (χ1v) is 26.9. The van der Waals surface area contributed by atoms with Crippen molar-refractivity contribution >= 4 is 11.9 Å². The number of carbonyl (C=O) groups is 2. The topological polar surface area (TPSA) is 95.9 Å². The average Bonchev–Trinajstić information content (AvgIpc) is 3.25. The number of esters is 1. The second-order valence-corrected chi connectivity index (χ2v) is 18.6. The SMILES string of the molecule is CCCCCCCCCCCCCCCCCCCC(=O)OCCCCC/C=C\CCCCCCCC(=O)NC(CO)C(O)CCCCCCCCCCCCCCCC. The number of hydrogen-bond acceptors (Lipinski definition) is 5. The van der Waals surface area contributed by atoms with Crippen LogP contribution in [0.4, 0.5) is 0 Å². The van der Waals surface area contributed by atoms with Gasteiger partial charge < -0.3 is 20.3 Å². The van der Waals surface area contributed by atoms with E-state index in [0.29, 0.717) is 25.9 Å². The summed E-state index contributed by atoms with van der Waals surface area (Å²) in [5.41, 5.74) is 0. The maximum atomic E-state index is 12.4. The van der Waals surface area contributed by atoms with E-state index in [-0.39, 0.29) is 18.5 Å². The lowest BCUT2D eigenvalue weighted by molar-refractivity contribution is -0.143. The highest BCUT2D eigenvalue weighted by Gasteiger charge is 2.20. The Hall–Kier alpha value is -1.40. The third-order valence-electron chi connectivity index (χ3n) is 12.6. The van der Waals surface area contributed by atoms with E-state index >= 15 is 0 Å². The third kappa shape index (κ3) is 46.1. The van der Waals surface area contributed by atoms with Crippen LogP contribution < -0.4 is 5.32 Å². The molecule has 0 aliphatic carbocycles. The first kappa shape index (κ1) is 58.6. The van der Waals surface area contributed by atoms with Gasteiger partial charge in [-0.05, 0) is 57.8 Å². The minimum absolute atomic E-state index is 0.0185. The number of aliphatic hydroxyl groups excluding tert-OH is 2. The zero-order valence-electron chi connectivity index (χ0n) is 40.5. The summed E-state index contributed by atoms with van der Waals surface area (Å²) >= 11 is 0. The van der Waals surface area contributed by atoms with Crippen LogP contribution >= 0.6 is 0 Å². The Labute approximate surface area is 374 Å². The molecule has 0 saturated heterocycles. The molecule has 60 heavy (non-hydrogen) atoms. The van der Waals surface area contributed by atoms with Crippen molar-refractivity contribution in [2.24, 2.45) is 0 Å². The summed E-state index contributed by atoms with van der Waals surface area (Å²) < 4.78 is 5.46. The molecule has 0 heterocycles. The van der Waals surface area contributed by atoms with E-state index in [9.17, 15) is 19.8 Å². The van der Waals surface area contributed by atoms with E-state index in [4.69, 9.17) is 4.74 Å². The Morgan fingerprint density at radius 3 is 1.18 bits per heavy atom. The number of unbranched alkanes of at least 4 members (excludes halogenated alkanes) is 37. The molecule has 0 spiro atoms. The van der Waals surface area contributed by atoms with Crippen molar-refractivity contribution in [3.05, 3.63) is 12.2 Å². The Bertz CT molecular complexity index is 893. The van der Waals surface area contributed by atoms with Gasteiger partial charge in [0.1, 0.15) is 0 Å². The molecule has 0 aliphatic rings. The smallest absolute Gasteiger partial charge is 0.305 e. The maximum absolute atomic E-state index is 12.4. The lowest BCUT2D eigenvalue weighted by Crippen LogP contribution is -2.45. The molecule has 0 rings (SSSR count). The molecule has 3 N–H and O–H groups in total. The Morgan fingerprint density at radius 2 is 0.783 bits per heavy atom. The molecule has 2 atom stereocenters. The summed E-state index contributed by atoms with van der Waals surface area (Å²) in [4.78, 5) is 24.5. The lowest BCUT2D eigenvalue weighted by atomic mass is 10.0. The summed E-state index contributed by atoms with van der Waals surface area (Å²) in [6.45, 7) is 4.91. The number of hydrogen-bond donors (Lipinski definition) is 3. The lowest BCUT2D eigenvalue weighted by Gasteiger charge is -2.22. The number of allylic oxidation sites excluding steroid dienone is 2. The predicted molar refractivity (Wildman–Crippen MR) is 260 cm³/mol. The number of carbonyl (C=O) groups excluding carboxylic acids is 2. The van der Waals surface area contributed by atoms with Gasteiger partial charge in [-0.3, -0.25) is 9.59 Å². The van der Waals surface area contributed by atoms with Gasteiger partial charge >= 0.3 is 5.97 Å². The van der Waals surface area contributed by atoms with Crippen molar-refractivity contribution in [2.45, 2.75) is 309 Å². The van der Waals surface area contributed by atoms with Crippen LogP contribution in [0.3, 0.4) is 0 Å². The summed E-state index contributed by atoms with van der Waals surface area (Å²) in [6.07, 6.45) is 57.6. The van der Waals surface area contributed by atoms with Gasteiger partial charge in [0, 0.05) is 12.8 Å². The molecule has 0 bridgehead atoms. The highest BCUT2D eigenvalue weighted by molar-refractivity contribution is 5.76. The molecule has 1 amide bonds. The molecule has 0 aromatic heterocycles. The van der Waals surface area contributed by atoms with E-state index in [2.05, 4.69) is 31.3 Å². The second kappa shape index (κ2) is 50.2. The molecule has 356 valence electrons. The maximum Gasteiger partial charge on any atom is 0.305 e. The van der Waals surface area contributed by atoms with Crippen molar-refractivity contribution in [3.8, 4) is 0 Å². The van der Waals surface area contributed by atoms with Gasteiger partial charge in [-0.1, -0.05) is 238 Å². The fraction of sp³-hybridized carbons (Fsp3) is 0.926. The fourth-order valence-electron chi connectivity index (χ4n) is 8.40. The van der Waals surface area contributed by atoms with Crippen LogP contribution in [0.1, 0.15) is 296 Å². The number of ether oxygens (including phenoxy) is 1. The van der Waals surface area contributed by atoms with Gasteiger partial charge in [-0.15, -0.1) is 0 Å². The van der Waals surface area contributed by atoms with Gasteiger partial charge in [0.2, 0.25) is 5.91 Å². The minimum atomic E-state index is -0.679. The van der Waals surface area contributed by atoms with Gasteiger partial charge in [0.25, 0.3) is 0 Å². The predicted octanol–water partition coefficient (Wildman–Crippen LogP) is 16.1. The monoisotopic (exact) mass is 848 g/mol. The van der Waals surface area contributed by atoms with Crippen molar-refractivity contribution in [1.29, 1.82) is 0 Å². The van der Waals surface area contributed by atoms with Crippen molar-refractivity contribution in [2.75, 3.05) is 13.2 Å². The molecule has 0 aromatic rings. The fourth-order valence-corrected chi connectivity index (χ4v) is 8.40. The highest BCUT2D eigenvalue weighted by atomic mass is 16.5. The Balaban J connectivity index is 3.47. The van der Waals surface area contributed by atoms with Crippen LogP contribution in [0.2, 0.25) is 0 Å².